The molecule has 144 valence electrons. The normalized spacial score (nSPS) is 11.5. The van der Waals surface area contributed by atoms with Crippen molar-refractivity contribution >= 4 is 11.8 Å². The van der Waals surface area contributed by atoms with Crippen molar-refractivity contribution in [2.24, 2.45) is 0 Å². The minimum absolute atomic E-state index is 0.135. The summed E-state index contributed by atoms with van der Waals surface area (Å²) < 4.78 is 5.16. The number of hydrogen-bond donors (Lipinski definition) is 2. The molecule has 6 nitrogen and oxygen atoms in total. The molecule has 0 saturated carbocycles. The molecule has 0 saturated heterocycles. The maximum absolute atomic E-state index is 12.9. The standard InChI is InChI=1S/C21H26N2O4/c1-16(21(26)22-12-13-24)23(15-18-8-10-19(27-2)11-9-18)20(25)14-17-6-4-3-5-7-17/h3-11,16,24H,12-15H2,1-2H3,(H,22,26)/t16-/m1/s1. The summed E-state index contributed by atoms with van der Waals surface area (Å²) in [5, 5.41) is 11.5. The summed E-state index contributed by atoms with van der Waals surface area (Å²) in [7, 11) is 1.60. The predicted molar refractivity (Wildman–Crippen MR) is 103 cm³/mol. The van der Waals surface area contributed by atoms with Crippen LogP contribution in [0, 0.1) is 0 Å². The van der Waals surface area contributed by atoms with E-state index >= 15 is 0 Å². The van der Waals surface area contributed by atoms with Crippen LogP contribution in [0.3, 0.4) is 0 Å². The van der Waals surface area contributed by atoms with Crippen LogP contribution in [-0.4, -0.2) is 48.1 Å². The number of benzene rings is 2. The van der Waals surface area contributed by atoms with Crippen LogP contribution in [0.5, 0.6) is 5.75 Å². The predicted octanol–water partition coefficient (Wildman–Crippen LogP) is 1.76. The quantitative estimate of drug-likeness (QED) is 0.705. The number of aliphatic hydroxyl groups excluding tert-OH is 1. The topological polar surface area (TPSA) is 78.9 Å². The van der Waals surface area contributed by atoms with Crippen LogP contribution >= 0.6 is 0 Å². The van der Waals surface area contributed by atoms with Crippen LogP contribution in [0.4, 0.5) is 0 Å². The highest BCUT2D eigenvalue weighted by Crippen LogP contribution is 2.16. The molecule has 0 bridgehead atoms. The summed E-state index contributed by atoms with van der Waals surface area (Å²) >= 11 is 0. The van der Waals surface area contributed by atoms with Crippen LogP contribution in [0.2, 0.25) is 0 Å². The van der Waals surface area contributed by atoms with E-state index in [-0.39, 0.29) is 31.4 Å². The van der Waals surface area contributed by atoms with Gasteiger partial charge in [-0.1, -0.05) is 42.5 Å². The lowest BCUT2D eigenvalue weighted by atomic mass is 10.1. The van der Waals surface area contributed by atoms with Crippen LogP contribution in [0.25, 0.3) is 0 Å². The lowest BCUT2D eigenvalue weighted by Gasteiger charge is -2.29. The van der Waals surface area contributed by atoms with Crippen molar-refractivity contribution in [1.82, 2.24) is 10.2 Å². The molecule has 0 aliphatic heterocycles. The lowest BCUT2D eigenvalue weighted by Crippen LogP contribution is -2.48. The van der Waals surface area contributed by atoms with Crippen LogP contribution in [-0.2, 0) is 22.6 Å². The fourth-order valence-corrected chi connectivity index (χ4v) is 2.71. The number of ether oxygens (including phenoxy) is 1. The van der Waals surface area contributed by atoms with E-state index in [0.29, 0.717) is 6.54 Å². The second kappa shape index (κ2) is 10.3. The first-order valence-electron chi connectivity index (χ1n) is 8.90. The van der Waals surface area contributed by atoms with Gasteiger partial charge in [0.15, 0.2) is 0 Å². The molecular formula is C21H26N2O4. The Balaban J connectivity index is 2.17. The first-order chi connectivity index (χ1) is 13.0. The maximum atomic E-state index is 12.9. The molecule has 2 rings (SSSR count). The van der Waals surface area contributed by atoms with E-state index in [9.17, 15) is 9.59 Å². The monoisotopic (exact) mass is 370 g/mol. The van der Waals surface area contributed by atoms with Crippen molar-refractivity contribution in [3.63, 3.8) is 0 Å². The van der Waals surface area contributed by atoms with Gasteiger partial charge in [-0.05, 0) is 30.2 Å². The van der Waals surface area contributed by atoms with Crippen molar-refractivity contribution < 1.29 is 19.4 Å². The summed E-state index contributed by atoms with van der Waals surface area (Å²) in [6.07, 6.45) is 0.217. The summed E-state index contributed by atoms with van der Waals surface area (Å²) in [6.45, 7) is 2.02. The Morgan fingerprint density at radius 1 is 1.07 bits per heavy atom. The Labute approximate surface area is 159 Å². The third-order valence-electron chi connectivity index (χ3n) is 4.29. The van der Waals surface area contributed by atoms with E-state index < -0.39 is 6.04 Å². The molecule has 0 aliphatic carbocycles. The lowest BCUT2D eigenvalue weighted by molar-refractivity contribution is -0.140. The fourth-order valence-electron chi connectivity index (χ4n) is 2.71. The molecule has 2 aromatic rings. The van der Waals surface area contributed by atoms with E-state index in [1.165, 1.54) is 0 Å². The van der Waals surface area contributed by atoms with Gasteiger partial charge in [0.25, 0.3) is 0 Å². The average molecular weight is 370 g/mol. The van der Waals surface area contributed by atoms with Gasteiger partial charge in [-0.15, -0.1) is 0 Å². The third kappa shape index (κ3) is 6.11. The summed E-state index contributed by atoms with van der Waals surface area (Å²) in [5.74, 6) is 0.303. The smallest absolute Gasteiger partial charge is 0.242 e. The number of rotatable bonds is 9. The molecule has 0 spiro atoms. The Morgan fingerprint density at radius 3 is 2.33 bits per heavy atom. The zero-order valence-electron chi connectivity index (χ0n) is 15.7. The Morgan fingerprint density at radius 2 is 1.74 bits per heavy atom. The Kier molecular flexibility index (Phi) is 7.82. The molecule has 0 radical (unpaired) electrons. The highest BCUT2D eigenvalue weighted by molar-refractivity contribution is 5.88. The molecule has 0 heterocycles. The molecule has 2 aromatic carbocycles. The van der Waals surface area contributed by atoms with Crippen LogP contribution in [0.1, 0.15) is 18.1 Å². The van der Waals surface area contributed by atoms with Crippen LogP contribution in [0.15, 0.2) is 54.6 Å². The van der Waals surface area contributed by atoms with E-state index in [1.54, 1.807) is 18.9 Å². The number of methoxy groups -OCH3 is 1. The Hall–Kier alpha value is -2.86. The second-order valence-electron chi connectivity index (χ2n) is 6.22. The molecule has 6 heteroatoms. The Bertz CT molecular complexity index is 732. The van der Waals surface area contributed by atoms with E-state index in [4.69, 9.17) is 9.84 Å². The van der Waals surface area contributed by atoms with E-state index in [1.807, 2.05) is 54.6 Å². The van der Waals surface area contributed by atoms with Gasteiger partial charge in [-0.25, -0.2) is 0 Å². The zero-order valence-corrected chi connectivity index (χ0v) is 15.7. The van der Waals surface area contributed by atoms with Gasteiger partial charge >= 0.3 is 0 Å². The number of amides is 2. The van der Waals surface area contributed by atoms with Crippen LogP contribution < -0.4 is 10.1 Å². The third-order valence-corrected chi connectivity index (χ3v) is 4.29. The van der Waals surface area contributed by atoms with Crippen molar-refractivity contribution in [1.29, 1.82) is 0 Å². The van der Waals surface area contributed by atoms with E-state index in [0.717, 1.165) is 16.9 Å². The summed E-state index contributed by atoms with van der Waals surface area (Å²) in [5.41, 5.74) is 1.80. The van der Waals surface area contributed by atoms with Gasteiger partial charge in [-0.2, -0.15) is 0 Å². The molecule has 2 amide bonds. The number of hydrogen-bond acceptors (Lipinski definition) is 4. The largest absolute Gasteiger partial charge is 0.497 e. The summed E-state index contributed by atoms with van der Waals surface area (Å²) in [6, 6.07) is 16.2. The van der Waals surface area contributed by atoms with Crippen molar-refractivity contribution in [2.45, 2.75) is 25.9 Å². The van der Waals surface area contributed by atoms with Gasteiger partial charge in [0.1, 0.15) is 11.8 Å². The first-order valence-corrected chi connectivity index (χ1v) is 8.90. The minimum atomic E-state index is -0.658. The molecule has 0 fully saturated rings. The first kappa shape index (κ1) is 20.5. The maximum Gasteiger partial charge on any atom is 0.242 e. The minimum Gasteiger partial charge on any atom is -0.497 e. The van der Waals surface area contributed by atoms with Gasteiger partial charge < -0.3 is 20.1 Å². The second-order valence-corrected chi connectivity index (χ2v) is 6.22. The number of nitrogens with one attached hydrogen (secondary N) is 1. The average Bonchev–Trinajstić information content (AvgIpc) is 2.70. The van der Waals surface area contributed by atoms with Crippen molar-refractivity contribution in [3.8, 4) is 5.75 Å². The molecule has 1 atom stereocenters. The van der Waals surface area contributed by atoms with Gasteiger partial charge in [0.2, 0.25) is 11.8 Å². The van der Waals surface area contributed by atoms with Crippen molar-refractivity contribution in [3.05, 3.63) is 65.7 Å². The number of carbonyl (C=O) groups is 2. The summed E-state index contributed by atoms with van der Waals surface area (Å²) in [4.78, 5) is 26.8. The molecule has 0 unspecified atom stereocenters. The van der Waals surface area contributed by atoms with Gasteiger partial charge in [0.05, 0.1) is 20.1 Å². The number of carbonyl (C=O) groups excluding carboxylic acids is 2. The van der Waals surface area contributed by atoms with Gasteiger partial charge in [0, 0.05) is 13.1 Å². The number of nitrogens with zero attached hydrogens (tertiary/aromatic N) is 1. The van der Waals surface area contributed by atoms with Gasteiger partial charge in [-0.3, -0.25) is 9.59 Å². The van der Waals surface area contributed by atoms with E-state index in [2.05, 4.69) is 5.32 Å². The fraction of sp³-hybridized carbons (Fsp3) is 0.333. The zero-order chi connectivity index (χ0) is 19.6. The highest BCUT2D eigenvalue weighted by atomic mass is 16.5. The molecule has 2 N–H and O–H groups in total. The molecule has 0 aliphatic rings. The molecule has 27 heavy (non-hydrogen) atoms. The number of aliphatic hydroxyl groups is 1. The SMILES string of the molecule is COc1ccc(CN(C(=O)Cc2ccccc2)[C@H](C)C(=O)NCCO)cc1. The van der Waals surface area contributed by atoms with Crippen molar-refractivity contribution in [2.75, 3.05) is 20.3 Å². The molecule has 0 aromatic heterocycles. The highest BCUT2D eigenvalue weighted by Gasteiger charge is 2.26. The molecular weight excluding hydrogens is 344 g/mol.